The number of alkyl halides is 1. The van der Waals surface area contributed by atoms with E-state index in [-0.39, 0.29) is 5.38 Å². The van der Waals surface area contributed by atoms with E-state index >= 15 is 0 Å². The lowest BCUT2D eigenvalue weighted by molar-refractivity contribution is 0.683. The Labute approximate surface area is 89.7 Å². The van der Waals surface area contributed by atoms with E-state index in [2.05, 4.69) is 9.97 Å². The smallest absolute Gasteiger partial charge is 0.146 e. The van der Waals surface area contributed by atoms with Gasteiger partial charge in [0.1, 0.15) is 5.82 Å². The second-order valence-electron chi connectivity index (χ2n) is 3.94. The predicted molar refractivity (Wildman–Crippen MR) is 57.5 cm³/mol. The Bertz CT molecular complexity index is 306. The zero-order chi connectivity index (χ0) is 9.97. The van der Waals surface area contributed by atoms with Crippen molar-refractivity contribution in [3.05, 3.63) is 23.8 Å². The summed E-state index contributed by atoms with van der Waals surface area (Å²) >= 11 is 5.96. The van der Waals surface area contributed by atoms with Crippen molar-refractivity contribution in [3.63, 3.8) is 0 Å². The summed E-state index contributed by atoms with van der Waals surface area (Å²) in [4.78, 5) is 8.68. The van der Waals surface area contributed by atoms with Gasteiger partial charge in [-0.05, 0) is 25.8 Å². The van der Waals surface area contributed by atoms with E-state index < -0.39 is 0 Å². The summed E-state index contributed by atoms with van der Waals surface area (Å²) < 4.78 is 0. The van der Waals surface area contributed by atoms with E-state index in [0.717, 1.165) is 5.82 Å². The fourth-order valence-electron chi connectivity index (χ4n) is 2.03. The van der Waals surface area contributed by atoms with Crippen LogP contribution < -0.4 is 0 Å². The van der Waals surface area contributed by atoms with Crippen molar-refractivity contribution < 1.29 is 0 Å². The first kappa shape index (κ1) is 9.91. The number of hydrogen-bond acceptors (Lipinski definition) is 2. The molecule has 0 amide bonds. The first-order chi connectivity index (χ1) is 6.77. The Morgan fingerprint density at radius 3 is 2.79 bits per heavy atom. The van der Waals surface area contributed by atoms with E-state index in [1.807, 2.05) is 19.2 Å². The Kier molecular flexibility index (Phi) is 3.02. The summed E-state index contributed by atoms with van der Waals surface area (Å²) in [7, 11) is 0. The zero-order valence-corrected chi connectivity index (χ0v) is 9.17. The minimum atomic E-state index is -0.0867. The summed E-state index contributed by atoms with van der Waals surface area (Å²) in [5, 5.41) is -0.0867. The van der Waals surface area contributed by atoms with Crippen molar-refractivity contribution in [2.45, 2.75) is 43.9 Å². The highest BCUT2D eigenvalue weighted by Crippen LogP contribution is 2.33. The molecule has 1 aliphatic rings. The predicted octanol–water partition coefficient (Wildman–Crippen LogP) is 3.43. The molecule has 14 heavy (non-hydrogen) atoms. The minimum Gasteiger partial charge on any atom is -0.240 e. The van der Waals surface area contributed by atoms with Crippen LogP contribution in [0.3, 0.4) is 0 Å². The molecule has 2 nitrogen and oxygen atoms in total. The van der Waals surface area contributed by atoms with E-state index in [9.17, 15) is 0 Å². The molecule has 0 bridgehead atoms. The van der Waals surface area contributed by atoms with Crippen LogP contribution in [-0.2, 0) is 0 Å². The topological polar surface area (TPSA) is 25.8 Å². The molecule has 2 rings (SSSR count). The van der Waals surface area contributed by atoms with Gasteiger partial charge in [0.25, 0.3) is 0 Å². The quantitative estimate of drug-likeness (QED) is 0.699. The molecule has 0 radical (unpaired) electrons. The molecule has 0 N–H and O–H groups in total. The lowest BCUT2D eigenvalue weighted by Crippen LogP contribution is -2.02. The fourth-order valence-corrected chi connectivity index (χ4v) is 2.13. The van der Waals surface area contributed by atoms with Crippen molar-refractivity contribution in [2.24, 2.45) is 0 Å². The van der Waals surface area contributed by atoms with Gasteiger partial charge in [-0.3, -0.25) is 0 Å². The molecule has 1 aliphatic carbocycles. The average molecular weight is 211 g/mol. The fraction of sp³-hybridized carbons (Fsp3) is 0.636. The maximum absolute atomic E-state index is 5.96. The molecule has 1 heterocycles. The van der Waals surface area contributed by atoms with Gasteiger partial charge in [-0.2, -0.15) is 0 Å². The minimum absolute atomic E-state index is 0.0867. The van der Waals surface area contributed by atoms with Crippen molar-refractivity contribution in [2.75, 3.05) is 0 Å². The third-order valence-corrected chi connectivity index (χ3v) is 3.02. The van der Waals surface area contributed by atoms with Crippen LogP contribution in [0.4, 0.5) is 0 Å². The Balaban J connectivity index is 2.21. The van der Waals surface area contributed by atoms with Gasteiger partial charge in [0.05, 0.1) is 5.38 Å². The second-order valence-corrected chi connectivity index (χ2v) is 4.59. The largest absolute Gasteiger partial charge is 0.240 e. The lowest BCUT2D eigenvalue weighted by atomic mass is 10.0. The summed E-state index contributed by atoms with van der Waals surface area (Å²) in [6.45, 7) is 1.91. The SMILES string of the molecule is CC(Cl)c1nccc(C2CCCC2)n1. The van der Waals surface area contributed by atoms with Crippen LogP contribution in [0, 0.1) is 0 Å². The van der Waals surface area contributed by atoms with Crippen molar-refractivity contribution in [3.8, 4) is 0 Å². The highest BCUT2D eigenvalue weighted by atomic mass is 35.5. The molecule has 1 fully saturated rings. The normalized spacial score (nSPS) is 19.9. The molecule has 1 atom stereocenters. The number of halogens is 1. The van der Waals surface area contributed by atoms with E-state index in [4.69, 9.17) is 11.6 Å². The van der Waals surface area contributed by atoms with Gasteiger partial charge in [-0.15, -0.1) is 11.6 Å². The number of nitrogens with zero attached hydrogens (tertiary/aromatic N) is 2. The standard InChI is InChI=1S/C11H15ClN2/c1-8(12)11-13-7-6-10(14-11)9-4-2-3-5-9/h6-9H,2-5H2,1H3. The molecular formula is C11H15ClN2. The highest BCUT2D eigenvalue weighted by molar-refractivity contribution is 6.20. The van der Waals surface area contributed by atoms with Crippen molar-refractivity contribution >= 4 is 11.6 Å². The monoisotopic (exact) mass is 210 g/mol. The molecule has 1 unspecified atom stereocenters. The maximum Gasteiger partial charge on any atom is 0.146 e. The van der Waals surface area contributed by atoms with Crippen LogP contribution >= 0.6 is 11.6 Å². The molecule has 1 aromatic heterocycles. The van der Waals surface area contributed by atoms with Gasteiger partial charge < -0.3 is 0 Å². The Morgan fingerprint density at radius 2 is 2.14 bits per heavy atom. The van der Waals surface area contributed by atoms with E-state index in [1.54, 1.807) is 0 Å². The van der Waals surface area contributed by atoms with Gasteiger partial charge in [0.15, 0.2) is 0 Å². The highest BCUT2D eigenvalue weighted by Gasteiger charge is 2.19. The Morgan fingerprint density at radius 1 is 1.43 bits per heavy atom. The van der Waals surface area contributed by atoms with Crippen LogP contribution in [-0.4, -0.2) is 9.97 Å². The zero-order valence-electron chi connectivity index (χ0n) is 8.41. The average Bonchev–Trinajstić information content (AvgIpc) is 2.71. The molecule has 1 saturated carbocycles. The Hall–Kier alpha value is -0.630. The third-order valence-electron chi connectivity index (χ3n) is 2.82. The molecule has 0 aliphatic heterocycles. The first-order valence-corrected chi connectivity index (χ1v) is 5.68. The van der Waals surface area contributed by atoms with Crippen molar-refractivity contribution in [1.29, 1.82) is 0 Å². The van der Waals surface area contributed by atoms with Crippen LogP contribution in [0.1, 0.15) is 55.4 Å². The molecule has 1 aromatic rings. The first-order valence-electron chi connectivity index (χ1n) is 5.24. The summed E-state index contributed by atoms with van der Waals surface area (Å²) in [5.41, 5.74) is 1.18. The van der Waals surface area contributed by atoms with Gasteiger partial charge in [0.2, 0.25) is 0 Å². The molecule has 0 aromatic carbocycles. The summed E-state index contributed by atoms with van der Waals surface area (Å²) in [5.74, 6) is 1.41. The van der Waals surface area contributed by atoms with Crippen LogP contribution in [0.25, 0.3) is 0 Å². The van der Waals surface area contributed by atoms with Crippen LogP contribution in [0.5, 0.6) is 0 Å². The number of hydrogen-bond donors (Lipinski definition) is 0. The summed E-state index contributed by atoms with van der Waals surface area (Å²) in [6, 6.07) is 2.03. The van der Waals surface area contributed by atoms with Gasteiger partial charge in [0, 0.05) is 17.8 Å². The second kappa shape index (κ2) is 4.26. The van der Waals surface area contributed by atoms with Crippen LogP contribution in [0.15, 0.2) is 12.3 Å². The molecule has 3 heteroatoms. The molecule has 0 saturated heterocycles. The number of aromatic nitrogens is 2. The summed E-state index contributed by atoms with van der Waals surface area (Å²) in [6.07, 6.45) is 7.04. The molecular weight excluding hydrogens is 196 g/mol. The van der Waals surface area contributed by atoms with Gasteiger partial charge >= 0.3 is 0 Å². The number of rotatable bonds is 2. The van der Waals surface area contributed by atoms with Crippen LogP contribution in [0.2, 0.25) is 0 Å². The van der Waals surface area contributed by atoms with E-state index in [1.165, 1.54) is 31.4 Å². The van der Waals surface area contributed by atoms with Gasteiger partial charge in [-0.1, -0.05) is 12.8 Å². The molecule has 0 spiro atoms. The third kappa shape index (κ3) is 2.06. The van der Waals surface area contributed by atoms with Gasteiger partial charge in [-0.25, -0.2) is 9.97 Å². The lowest BCUT2D eigenvalue weighted by Gasteiger charge is -2.09. The molecule has 76 valence electrons. The maximum atomic E-state index is 5.96. The van der Waals surface area contributed by atoms with E-state index in [0.29, 0.717) is 5.92 Å². The van der Waals surface area contributed by atoms with Crippen molar-refractivity contribution in [1.82, 2.24) is 9.97 Å².